The number of fused-ring (bicyclic) bond motifs is 1. The molecular weight excluding hydrogens is 463 g/mol. The summed E-state index contributed by atoms with van der Waals surface area (Å²) in [5.74, 6) is -2.46. The summed E-state index contributed by atoms with van der Waals surface area (Å²) in [7, 11) is 0. The van der Waals surface area contributed by atoms with Crippen molar-refractivity contribution in [2.75, 3.05) is 6.67 Å². The summed E-state index contributed by atoms with van der Waals surface area (Å²) in [5.41, 5.74) is 0.296. The number of ketones is 1. The highest BCUT2D eigenvalue weighted by molar-refractivity contribution is 6.31. The number of nitrogens with one attached hydrogen (secondary N) is 1. The van der Waals surface area contributed by atoms with Gasteiger partial charge in [0.2, 0.25) is 5.91 Å². The molecule has 34 heavy (non-hydrogen) atoms. The molecule has 0 fully saturated rings. The number of halogens is 2. The first kappa shape index (κ1) is 26.7. The number of alkyl halides is 1. The van der Waals surface area contributed by atoms with Gasteiger partial charge in [-0.2, -0.15) is 0 Å². The molecule has 9 heteroatoms. The molecule has 0 aliphatic rings. The van der Waals surface area contributed by atoms with Gasteiger partial charge in [0.1, 0.15) is 25.9 Å². The van der Waals surface area contributed by atoms with Crippen LogP contribution in [0.25, 0.3) is 10.8 Å². The summed E-state index contributed by atoms with van der Waals surface area (Å²) in [6.07, 6.45) is 0.905. The van der Waals surface area contributed by atoms with Crippen molar-refractivity contribution in [1.82, 2.24) is 9.88 Å². The lowest BCUT2D eigenvalue weighted by Gasteiger charge is -2.16. The van der Waals surface area contributed by atoms with Crippen molar-refractivity contribution in [3.8, 4) is 0 Å². The Morgan fingerprint density at radius 3 is 2.47 bits per heavy atom. The first-order valence-corrected chi connectivity index (χ1v) is 11.1. The highest BCUT2D eigenvalue weighted by atomic mass is 35.5. The van der Waals surface area contributed by atoms with E-state index in [0.717, 1.165) is 10.1 Å². The third kappa shape index (κ3) is 7.52. The molecule has 3 aromatic rings. The molecule has 1 unspecified atom stereocenters. The first-order valence-electron chi connectivity index (χ1n) is 10.7. The maximum atomic E-state index is 13.0. The fourth-order valence-electron chi connectivity index (χ4n) is 3.07. The maximum Gasteiger partial charge on any atom is 0.308 e. The number of pyridine rings is 1. The number of esters is 1. The molecule has 180 valence electrons. The van der Waals surface area contributed by atoms with Crippen molar-refractivity contribution in [3.63, 3.8) is 0 Å². The van der Waals surface area contributed by atoms with E-state index >= 15 is 0 Å². The van der Waals surface area contributed by atoms with Crippen LogP contribution in [0.1, 0.15) is 25.8 Å². The fourth-order valence-corrected chi connectivity index (χ4v) is 3.25. The molecule has 0 saturated heterocycles. The van der Waals surface area contributed by atoms with Crippen molar-refractivity contribution in [1.29, 1.82) is 0 Å². The predicted molar refractivity (Wildman–Crippen MR) is 128 cm³/mol. The molecule has 0 radical (unpaired) electrons. The smallest absolute Gasteiger partial charge is 0.308 e. The Labute approximate surface area is 201 Å². The number of nitrogens with zero attached hydrogens (tertiary/aromatic N) is 1. The number of amides is 1. The fraction of sp³-hybridized carbons (Fsp3) is 0.280. The summed E-state index contributed by atoms with van der Waals surface area (Å²) in [5, 5.41) is 3.67. The number of aromatic nitrogens is 1. The van der Waals surface area contributed by atoms with Crippen molar-refractivity contribution in [2.24, 2.45) is 0 Å². The molecule has 2 aromatic carbocycles. The lowest BCUT2D eigenvalue weighted by atomic mass is 10.1. The van der Waals surface area contributed by atoms with Crippen LogP contribution in [0.5, 0.6) is 0 Å². The van der Waals surface area contributed by atoms with E-state index in [2.05, 4.69) is 5.32 Å². The van der Waals surface area contributed by atoms with E-state index in [1.807, 2.05) is 19.9 Å². The Morgan fingerprint density at radius 2 is 1.79 bits per heavy atom. The SMILES string of the molecule is CC.O=C(Cn1ccc2ccc(Cl)cc2c1=O)NC(CC(=O)OCc1ccccc1)C(=O)CF. The largest absolute Gasteiger partial charge is 0.461 e. The van der Waals surface area contributed by atoms with E-state index in [1.165, 1.54) is 12.3 Å². The Kier molecular flexibility index (Phi) is 10.4. The van der Waals surface area contributed by atoms with Crippen molar-refractivity contribution < 1.29 is 23.5 Å². The van der Waals surface area contributed by atoms with Gasteiger partial charge in [-0.25, -0.2) is 4.39 Å². The van der Waals surface area contributed by atoms with Gasteiger partial charge in [0.15, 0.2) is 5.78 Å². The highest BCUT2D eigenvalue weighted by Crippen LogP contribution is 2.15. The average molecular weight is 489 g/mol. The normalized spacial score (nSPS) is 11.2. The second kappa shape index (κ2) is 13.3. The molecule has 7 nitrogen and oxygen atoms in total. The van der Waals surface area contributed by atoms with Crippen molar-refractivity contribution in [2.45, 2.75) is 39.5 Å². The Morgan fingerprint density at radius 1 is 1.09 bits per heavy atom. The number of hydrogen-bond acceptors (Lipinski definition) is 5. The van der Waals surface area contributed by atoms with Crippen LogP contribution < -0.4 is 10.9 Å². The molecule has 0 aliphatic carbocycles. The van der Waals surface area contributed by atoms with Crippen LogP contribution in [0.4, 0.5) is 4.39 Å². The average Bonchev–Trinajstić information content (AvgIpc) is 2.85. The number of carbonyl (C=O) groups is 3. The van der Waals surface area contributed by atoms with Gasteiger partial charge in [0, 0.05) is 16.6 Å². The van der Waals surface area contributed by atoms with Crippen LogP contribution in [0.15, 0.2) is 65.6 Å². The van der Waals surface area contributed by atoms with Crippen molar-refractivity contribution >= 4 is 40.0 Å². The van der Waals surface area contributed by atoms with Gasteiger partial charge < -0.3 is 14.6 Å². The Balaban J connectivity index is 0.00000199. The summed E-state index contributed by atoms with van der Waals surface area (Å²) in [4.78, 5) is 49.1. The van der Waals surface area contributed by atoms with Crippen LogP contribution in [0.3, 0.4) is 0 Å². The van der Waals surface area contributed by atoms with E-state index < -0.39 is 48.9 Å². The van der Waals surface area contributed by atoms with Crippen LogP contribution in [0.2, 0.25) is 5.02 Å². The number of carbonyl (C=O) groups excluding carboxylic acids is 3. The molecule has 0 saturated carbocycles. The highest BCUT2D eigenvalue weighted by Gasteiger charge is 2.25. The second-order valence-corrected chi connectivity index (χ2v) is 7.49. The number of ether oxygens (including phenoxy) is 1. The molecule has 1 heterocycles. The van der Waals surface area contributed by atoms with Crippen LogP contribution >= 0.6 is 11.6 Å². The molecule has 3 rings (SSSR count). The van der Waals surface area contributed by atoms with Gasteiger partial charge in [-0.3, -0.25) is 19.2 Å². The first-order chi connectivity index (χ1) is 16.4. The molecule has 0 aliphatic heterocycles. The molecule has 1 atom stereocenters. The summed E-state index contributed by atoms with van der Waals surface area (Å²) in [6.45, 7) is 2.21. The third-order valence-corrected chi connectivity index (χ3v) is 4.96. The minimum Gasteiger partial charge on any atom is -0.461 e. The van der Waals surface area contributed by atoms with Crippen LogP contribution in [0, 0.1) is 0 Å². The lowest BCUT2D eigenvalue weighted by Crippen LogP contribution is -2.45. The zero-order chi connectivity index (χ0) is 25.1. The Bertz CT molecular complexity index is 1200. The predicted octanol–water partition coefficient (Wildman–Crippen LogP) is 3.84. The quantitative estimate of drug-likeness (QED) is 0.462. The van der Waals surface area contributed by atoms with E-state index in [0.29, 0.717) is 15.8 Å². The summed E-state index contributed by atoms with van der Waals surface area (Å²) >= 11 is 5.94. The van der Waals surface area contributed by atoms with Gasteiger partial charge >= 0.3 is 5.97 Å². The molecule has 0 bridgehead atoms. The second-order valence-electron chi connectivity index (χ2n) is 7.05. The van der Waals surface area contributed by atoms with Crippen LogP contribution in [-0.2, 0) is 32.3 Å². The van der Waals surface area contributed by atoms with E-state index in [-0.39, 0.29) is 6.61 Å². The van der Waals surface area contributed by atoms with Crippen LogP contribution in [-0.4, -0.2) is 34.9 Å². The van der Waals surface area contributed by atoms with Gasteiger partial charge in [-0.15, -0.1) is 0 Å². The van der Waals surface area contributed by atoms with E-state index in [4.69, 9.17) is 16.3 Å². The zero-order valence-electron chi connectivity index (χ0n) is 18.9. The standard InChI is InChI=1S/C23H20ClFN2O5.C2H6/c24-17-7-6-16-8-9-27(23(31)18(16)10-17)13-21(29)26-19(20(28)12-25)11-22(30)32-14-15-4-2-1-3-5-15;1-2/h1-10,19H,11-14H2,(H,26,29);1-2H3. The number of hydrogen-bond donors (Lipinski definition) is 1. The third-order valence-electron chi connectivity index (χ3n) is 4.72. The molecule has 1 aromatic heterocycles. The van der Waals surface area contributed by atoms with E-state index in [1.54, 1.807) is 42.5 Å². The minimum absolute atomic E-state index is 0.0147. The number of rotatable bonds is 9. The van der Waals surface area contributed by atoms with Gasteiger partial charge in [0.25, 0.3) is 5.56 Å². The summed E-state index contributed by atoms with van der Waals surface area (Å²) in [6, 6.07) is 13.9. The molecule has 1 amide bonds. The lowest BCUT2D eigenvalue weighted by molar-refractivity contribution is -0.147. The molecule has 0 spiro atoms. The van der Waals surface area contributed by atoms with E-state index in [9.17, 15) is 23.6 Å². The number of Topliss-reactive ketones (excluding diaryl/α,β-unsaturated/α-hetero) is 1. The van der Waals surface area contributed by atoms with Gasteiger partial charge in [0.05, 0.1) is 6.42 Å². The molecular formula is C25H26ClFN2O5. The minimum atomic E-state index is -1.40. The van der Waals surface area contributed by atoms with Gasteiger partial charge in [-0.05, 0) is 29.1 Å². The number of benzene rings is 2. The Hall–Kier alpha value is -3.52. The maximum absolute atomic E-state index is 13.0. The monoisotopic (exact) mass is 488 g/mol. The summed E-state index contributed by atoms with van der Waals surface area (Å²) < 4.78 is 19.2. The zero-order valence-corrected chi connectivity index (χ0v) is 19.7. The topological polar surface area (TPSA) is 94.5 Å². The van der Waals surface area contributed by atoms with Crippen molar-refractivity contribution in [3.05, 3.63) is 81.7 Å². The van der Waals surface area contributed by atoms with Gasteiger partial charge in [-0.1, -0.05) is 61.8 Å². The molecule has 1 N–H and O–H groups in total.